The maximum atomic E-state index is 11.6. The highest BCUT2D eigenvalue weighted by atomic mass is 16.5. The van der Waals surface area contributed by atoms with E-state index in [1.807, 2.05) is 50.2 Å². The number of methoxy groups -OCH3 is 1. The number of aryl methyl sites for hydroxylation is 3. The van der Waals surface area contributed by atoms with Crippen molar-refractivity contribution in [1.29, 1.82) is 0 Å². The van der Waals surface area contributed by atoms with Crippen LogP contribution in [0.4, 0.5) is 0 Å². The summed E-state index contributed by atoms with van der Waals surface area (Å²) in [4.78, 5) is 22.8. The van der Waals surface area contributed by atoms with Crippen LogP contribution >= 0.6 is 0 Å². The van der Waals surface area contributed by atoms with Crippen LogP contribution in [0.5, 0.6) is 5.75 Å². The number of carbonyl (C=O) groups excluding carboxylic acids is 1. The molecule has 3 rings (SSSR count). The van der Waals surface area contributed by atoms with E-state index in [-0.39, 0.29) is 6.42 Å². The third-order valence-electron chi connectivity index (χ3n) is 4.94. The second kappa shape index (κ2) is 8.22. The fourth-order valence-corrected chi connectivity index (χ4v) is 3.61. The van der Waals surface area contributed by atoms with Gasteiger partial charge in [0.1, 0.15) is 5.75 Å². The third-order valence-corrected chi connectivity index (χ3v) is 4.94. The van der Waals surface area contributed by atoms with E-state index in [2.05, 4.69) is 4.57 Å². The highest BCUT2D eigenvalue weighted by Gasteiger charge is 2.18. The molecule has 3 N–H and O–H groups in total. The molecule has 0 saturated heterocycles. The van der Waals surface area contributed by atoms with E-state index in [9.17, 15) is 9.59 Å². The summed E-state index contributed by atoms with van der Waals surface area (Å²) in [6, 6.07) is 15.2. The van der Waals surface area contributed by atoms with Crippen LogP contribution in [-0.2, 0) is 11.2 Å². The first-order chi connectivity index (χ1) is 13.8. The molecule has 0 aliphatic carbocycles. The number of primary amides is 1. The van der Waals surface area contributed by atoms with Gasteiger partial charge in [0, 0.05) is 11.3 Å². The van der Waals surface area contributed by atoms with E-state index in [0.717, 1.165) is 39.5 Å². The van der Waals surface area contributed by atoms with Gasteiger partial charge >= 0.3 is 5.97 Å². The van der Waals surface area contributed by atoms with E-state index < -0.39 is 11.9 Å². The zero-order valence-corrected chi connectivity index (χ0v) is 16.7. The van der Waals surface area contributed by atoms with Crippen molar-refractivity contribution < 1.29 is 19.4 Å². The number of rotatable bonds is 7. The highest BCUT2D eigenvalue weighted by Crippen LogP contribution is 2.32. The zero-order valence-electron chi connectivity index (χ0n) is 16.7. The smallest absolute Gasteiger partial charge is 0.303 e. The van der Waals surface area contributed by atoms with Crippen molar-refractivity contribution in [3.8, 4) is 22.7 Å². The van der Waals surface area contributed by atoms with Crippen LogP contribution in [-0.4, -0.2) is 28.7 Å². The van der Waals surface area contributed by atoms with Crippen molar-refractivity contribution in [1.82, 2.24) is 4.57 Å². The molecule has 0 fully saturated rings. The zero-order chi connectivity index (χ0) is 21.1. The van der Waals surface area contributed by atoms with Crippen LogP contribution in [0.1, 0.15) is 33.6 Å². The number of amides is 1. The molecule has 2 aromatic carbocycles. The largest absolute Gasteiger partial charge is 0.497 e. The molecular weight excluding hydrogens is 368 g/mol. The standard InChI is InChI=1S/C23H24N2O4/c1-14-12-17(23(24)28)13-15(2)22(14)25-18(7-11-21(26)27)6-10-20(25)16-4-8-19(29-3)9-5-16/h4-6,8-10,12-13H,7,11H2,1-3H3,(H2,24,28)(H,26,27). The van der Waals surface area contributed by atoms with Gasteiger partial charge in [0.05, 0.1) is 24.9 Å². The number of ether oxygens (including phenoxy) is 1. The van der Waals surface area contributed by atoms with Crippen LogP contribution in [0.2, 0.25) is 0 Å². The summed E-state index contributed by atoms with van der Waals surface area (Å²) in [7, 11) is 1.62. The second-order valence-electron chi connectivity index (χ2n) is 6.99. The molecule has 1 heterocycles. The first kappa shape index (κ1) is 20.2. The number of aliphatic carboxylic acids is 1. The van der Waals surface area contributed by atoms with Gasteiger partial charge in [-0.15, -0.1) is 0 Å². The lowest BCUT2D eigenvalue weighted by molar-refractivity contribution is -0.136. The molecule has 6 heteroatoms. The molecule has 0 saturated carbocycles. The second-order valence-corrected chi connectivity index (χ2v) is 6.99. The van der Waals surface area contributed by atoms with E-state index in [1.54, 1.807) is 19.2 Å². The van der Waals surface area contributed by atoms with Gasteiger partial charge in [-0.1, -0.05) is 0 Å². The lowest BCUT2D eigenvalue weighted by Gasteiger charge is -2.19. The molecular formula is C23H24N2O4. The Bertz CT molecular complexity index is 1040. The first-order valence-corrected chi connectivity index (χ1v) is 9.30. The SMILES string of the molecule is COc1ccc(-c2ccc(CCC(=O)O)n2-c2c(C)cc(C(N)=O)cc2C)cc1. The van der Waals surface area contributed by atoms with Gasteiger partial charge in [0.15, 0.2) is 0 Å². The molecule has 0 atom stereocenters. The molecule has 1 amide bonds. The Morgan fingerprint density at radius 2 is 1.66 bits per heavy atom. The predicted octanol–water partition coefficient (Wildman–Crippen LogP) is 3.89. The molecule has 0 unspecified atom stereocenters. The molecule has 3 aromatic rings. The monoisotopic (exact) mass is 392 g/mol. The Kier molecular flexibility index (Phi) is 5.73. The van der Waals surface area contributed by atoms with E-state index in [4.69, 9.17) is 15.6 Å². The number of hydrogen-bond donors (Lipinski definition) is 2. The summed E-state index contributed by atoms with van der Waals surface area (Å²) in [5, 5.41) is 9.15. The van der Waals surface area contributed by atoms with E-state index >= 15 is 0 Å². The van der Waals surface area contributed by atoms with Crippen LogP contribution in [0, 0.1) is 13.8 Å². The Hall–Kier alpha value is -3.54. The van der Waals surface area contributed by atoms with Crippen LogP contribution in [0.3, 0.4) is 0 Å². The number of nitrogens with zero attached hydrogens (tertiary/aromatic N) is 1. The van der Waals surface area contributed by atoms with Crippen molar-refractivity contribution in [3.05, 3.63) is 70.9 Å². The van der Waals surface area contributed by atoms with Gasteiger partial charge in [-0.25, -0.2) is 0 Å². The summed E-state index contributed by atoms with van der Waals surface area (Å²) in [6.45, 7) is 3.85. The van der Waals surface area contributed by atoms with Gasteiger partial charge in [-0.05, 0) is 85.5 Å². The Morgan fingerprint density at radius 3 is 2.17 bits per heavy atom. The summed E-state index contributed by atoms with van der Waals surface area (Å²) >= 11 is 0. The molecule has 0 aliphatic rings. The van der Waals surface area contributed by atoms with Crippen LogP contribution in [0.25, 0.3) is 16.9 Å². The van der Waals surface area contributed by atoms with Crippen molar-refractivity contribution in [2.75, 3.05) is 7.11 Å². The van der Waals surface area contributed by atoms with Crippen LogP contribution in [0.15, 0.2) is 48.5 Å². The average Bonchev–Trinajstić information content (AvgIpc) is 3.09. The predicted molar refractivity (Wildman–Crippen MR) is 112 cm³/mol. The van der Waals surface area contributed by atoms with Gasteiger partial charge in [-0.2, -0.15) is 0 Å². The summed E-state index contributed by atoms with van der Waals surface area (Å²) in [6.07, 6.45) is 0.422. The minimum Gasteiger partial charge on any atom is -0.497 e. The third kappa shape index (κ3) is 4.16. The molecule has 0 spiro atoms. The lowest BCUT2D eigenvalue weighted by Crippen LogP contribution is -2.14. The summed E-state index contributed by atoms with van der Waals surface area (Å²) in [5.41, 5.74) is 11.4. The van der Waals surface area contributed by atoms with E-state index in [0.29, 0.717) is 12.0 Å². The van der Waals surface area contributed by atoms with Crippen molar-refractivity contribution in [2.24, 2.45) is 5.73 Å². The fourth-order valence-electron chi connectivity index (χ4n) is 3.61. The molecule has 0 radical (unpaired) electrons. The topological polar surface area (TPSA) is 94.6 Å². The van der Waals surface area contributed by atoms with Gasteiger partial charge < -0.3 is 20.1 Å². The van der Waals surface area contributed by atoms with Crippen molar-refractivity contribution >= 4 is 11.9 Å². The van der Waals surface area contributed by atoms with Crippen LogP contribution < -0.4 is 10.5 Å². The van der Waals surface area contributed by atoms with Crippen molar-refractivity contribution in [2.45, 2.75) is 26.7 Å². The maximum Gasteiger partial charge on any atom is 0.303 e. The number of aromatic nitrogens is 1. The molecule has 150 valence electrons. The Labute approximate surface area is 169 Å². The number of carbonyl (C=O) groups is 2. The number of hydrogen-bond acceptors (Lipinski definition) is 3. The van der Waals surface area contributed by atoms with Gasteiger partial charge in [0.25, 0.3) is 0 Å². The normalized spacial score (nSPS) is 10.7. The molecule has 29 heavy (non-hydrogen) atoms. The minimum atomic E-state index is -0.846. The van der Waals surface area contributed by atoms with Crippen molar-refractivity contribution in [3.63, 3.8) is 0 Å². The Balaban J connectivity index is 2.20. The summed E-state index contributed by atoms with van der Waals surface area (Å²) in [5.74, 6) is -0.561. The number of carboxylic acid groups (broad SMARTS) is 1. The fraction of sp³-hybridized carbons (Fsp3) is 0.217. The number of benzene rings is 2. The highest BCUT2D eigenvalue weighted by molar-refractivity contribution is 5.93. The minimum absolute atomic E-state index is 0.0313. The molecule has 1 aromatic heterocycles. The quantitative estimate of drug-likeness (QED) is 0.638. The number of carboxylic acids is 1. The van der Waals surface area contributed by atoms with Gasteiger partial charge in [-0.3, -0.25) is 9.59 Å². The molecule has 0 aliphatic heterocycles. The van der Waals surface area contributed by atoms with Gasteiger partial charge in [0.2, 0.25) is 5.91 Å². The lowest BCUT2D eigenvalue weighted by atomic mass is 10.0. The molecule has 6 nitrogen and oxygen atoms in total. The number of nitrogens with two attached hydrogens (primary N) is 1. The molecule has 0 bridgehead atoms. The average molecular weight is 392 g/mol. The van der Waals surface area contributed by atoms with E-state index in [1.165, 1.54) is 0 Å². The first-order valence-electron chi connectivity index (χ1n) is 9.30. The maximum absolute atomic E-state index is 11.6. The summed E-state index contributed by atoms with van der Waals surface area (Å²) < 4.78 is 7.32. The Morgan fingerprint density at radius 1 is 1.03 bits per heavy atom.